The van der Waals surface area contributed by atoms with Crippen LogP contribution in [0.15, 0.2) is 45.3 Å². The molecule has 140 valence electrons. The third kappa shape index (κ3) is 4.12. The summed E-state index contributed by atoms with van der Waals surface area (Å²) in [5.41, 5.74) is -0.414. The first-order valence-electron chi connectivity index (χ1n) is 8.57. The van der Waals surface area contributed by atoms with Crippen LogP contribution in [-0.2, 0) is 17.9 Å². The fourth-order valence-electron chi connectivity index (χ4n) is 2.92. The molecule has 0 atom stereocenters. The van der Waals surface area contributed by atoms with Crippen molar-refractivity contribution in [2.45, 2.75) is 13.1 Å². The number of carbonyl (C=O) groups is 1. The molecule has 4 rings (SSSR count). The highest BCUT2D eigenvalue weighted by molar-refractivity contribution is 7.13. The van der Waals surface area contributed by atoms with Crippen molar-refractivity contribution in [1.29, 1.82) is 0 Å². The van der Waals surface area contributed by atoms with E-state index in [9.17, 15) is 9.59 Å². The average Bonchev–Trinajstić information content (AvgIpc) is 3.36. The Balaban J connectivity index is 1.29. The minimum absolute atomic E-state index is 0.0144. The zero-order chi connectivity index (χ0) is 18.6. The Morgan fingerprint density at radius 2 is 2.07 bits per heavy atom. The summed E-state index contributed by atoms with van der Waals surface area (Å²) in [5, 5.41) is 5.99. The second-order valence-electron chi connectivity index (χ2n) is 6.18. The summed E-state index contributed by atoms with van der Waals surface area (Å²) in [6.07, 6.45) is 2.99. The summed E-state index contributed by atoms with van der Waals surface area (Å²) >= 11 is 1.57. The van der Waals surface area contributed by atoms with E-state index in [0.717, 1.165) is 4.88 Å². The van der Waals surface area contributed by atoms with Crippen molar-refractivity contribution in [3.8, 4) is 10.7 Å². The van der Waals surface area contributed by atoms with Crippen LogP contribution < -0.4 is 5.69 Å². The van der Waals surface area contributed by atoms with Crippen LogP contribution in [0.5, 0.6) is 0 Å². The number of piperazine rings is 1. The molecule has 0 spiro atoms. The lowest BCUT2D eigenvalue weighted by Crippen LogP contribution is -2.49. The summed E-state index contributed by atoms with van der Waals surface area (Å²) in [4.78, 5) is 37.0. The Hall–Kier alpha value is -2.85. The Labute approximate surface area is 158 Å². The van der Waals surface area contributed by atoms with Gasteiger partial charge in [0.25, 0.3) is 0 Å². The lowest BCUT2D eigenvalue weighted by molar-refractivity contribution is -0.133. The highest BCUT2D eigenvalue weighted by Crippen LogP contribution is 2.21. The van der Waals surface area contributed by atoms with Crippen LogP contribution in [0, 0.1) is 0 Å². The lowest BCUT2D eigenvalue weighted by Gasteiger charge is -2.34. The molecule has 3 aromatic heterocycles. The molecular formula is C17H18N6O3S. The van der Waals surface area contributed by atoms with Crippen molar-refractivity contribution < 1.29 is 9.32 Å². The van der Waals surface area contributed by atoms with E-state index < -0.39 is 5.69 Å². The fraction of sp³-hybridized carbons (Fsp3) is 0.353. The second kappa shape index (κ2) is 7.80. The Morgan fingerprint density at radius 3 is 2.81 bits per heavy atom. The van der Waals surface area contributed by atoms with Crippen LogP contribution in [0.1, 0.15) is 5.89 Å². The SMILES string of the molecule is O=C(Cn1cccnc1=O)N1CCN(Cc2nc(-c3cccs3)no2)CC1. The molecule has 1 saturated heterocycles. The van der Waals surface area contributed by atoms with Crippen LogP contribution in [0.2, 0.25) is 0 Å². The number of carbonyl (C=O) groups excluding carboxylic acids is 1. The predicted molar refractivity (Wildman–Crippen MR) is 98.0 cm³/mol. The molecule has 0 aromatic carbocycles. The fourth-order valence-corrected chi connectivity index (χ4v) is 3.57. The topological polar surface area (TPSA) is 97.4 Å². The maximum absolute atomic E-state index is 12.4. The number of amides is 1. The van der Waals surface area contributed by atoms with Gasteiger partial charge in [-0.05, 0) is 17.5 Å². The standard InChI is InChI=1S/C17H18N6O3S/c24-15(12-23-5-2-4-18-17(23)25)22-8-6-21(7-9-22)11-14-19-16(20-26-14)13-3-1-10-27-13/h1-5,10H,6-9,11-12H2. The van der Waals surface area contributed by atoms with E-state index in [0.29, 0.717) is 44.4 Å². The van der Waals surface area contributed by atoms with Gasteiger partial charge in [-0.2, -0.15) is 4.98 Å². The Kier molecular flexibility index (Phi) is 5.07. The van der Waals surface area contributed by atoms with E-state index in [-0.39, 0.29) is 12.5 Å². The van der Waals surface area contributed by atoms with Crippen molar-refractivity contribution >= 4 is 17.2 Å². The summed E-state index contributed by atoms with van der Waals surface area (Å²) in [6, 6.07) is 5.55. The Bertz CT molecular complexity index is 959. The second-order valence-corrected chi connectivity index (χ2v) is 7.12. The highest BCUT2D eigenvalue weighted by atomic mass is 32.1. The van der Waals surface area contributed by atoms with Gasteiger partial charge in [0.15, 0.2) is 0 Å². The molecule has 0 saturated carbocycles. The molecule has 1 fully saturated rings. The minimum atomic E-state index is -0.414. The van der Waals surface area contributed by atoms with Gasteiger partial charge in [-0.25, -0.2) is 9.78 Å². The van der Waals surface area contributed by atoms with Gasteiger partial charge in [0.1, 0.15) is 6.54 Å². The predicted octanol–water partition coefficient (Wildman–Crippen LogP) is 0.699. The molecule has 0 aliphatic carbocycles. The number of hydrogen-bond donors (Lipinski definition) is 0. The van der Waals surface area contributed by atoms with Gasteiger partial charge in [-0.3, -0.25) is 14.3 Å². The first-order chi connectivity index (χ1) is 13.2. The molecule has 1 amide bonds. The smallest absolute Gasteiger partial charge is 0.339 e. The van der Waals surface area contributed by atoms with Gasteiger partial charge in [0.2, 0.25) is 17.6 Å². The van der Waals surface area contributed by atoms with E-state index >= 15 is 0 Å². The van der Waals surface area contributed by atoms with Crippen LogP contribution in [0.3, 0.4) is 0 Å². The van der Waals surface area contributed by atoms with E-state index in [1.54, 1.807) is 28.5 Å². The van der Waals surface area contributed by atoms with Crippen LogP contribution >= 0.6 is 11.3 Å². The molecule has 1 aliphatic heterocycles. The zero-order valence-electron chi connectivity index (χ0n) is 14.5. The maximum Gasteiger partial charge on any atom is 0.347 e. The monoisotopic (exact) mass is 386 g/mol. The van der Waals surface area contributed by atoms with Crippen LogP contribution in [-0.4, -0.2) is 61.6 Å². The molecule has 3 aromatic rings. The van der Waals surface area contributed by atoms with Crippen LogP contribution in [0.4, 0.5) is 0 Å². The van der Waals surface area contributed by atoms with E-state index in [2.05, 4.69) is 20.0 Å². The molecule has 0 bridgehead atoms. The summed E-state index contributed by atoms with van der Waals surface area (Å²) in [5.74, 6) is 1.10. The van der Waals surface area contributed by atoms with E-state index in [1.165, 1.54) is 10.8 Å². The highest BCUT2D eigenvalue weighted by Gasteiger charge is 2.23. The minimum Gasteiger partial charge on any atom is -0.339 e. The molecular weight excluding hydrogens is 368 g/mol. The number of rotatable bonds is 5. The molecule has 9 nitrogen and oxygen atoms in total. The largest absolute Gasteiger partial charge is 0.347 e. The number of nitrogens with zero attached hydrogens (tertiary/aromatic N) is 6. The first kappa shape index (κ1) is 17.6. The summed E-state index contributed by atoms with van der Waals surface area (Å²) in [7, 11) is 0. The van der Waals surface area contributed by atoms with Crippen molar-refractivity contribution in [2.24, 2.45) is 0 Å². The van der Waals surface area contributed by atoms with Crippen molar-refractivity contribution in [2.75, 3.05) is 26.2 Å². The third-order valence-electron chi connectivity index (χ3n) is 4.38. The van der Waals surface area contributed by atoms with Gasteiger partial charge in [-0.1, -0.05) is 11.2 Å². The first-order valence-corrected chi connectivity index (χ1v) is 9.45. The molecule has 1 aliphatic rings. The number of aromatic nitrogens is 4. The molecule has 27 heavy (non-hydrogen) atoms. The molecule has 0 radical (unpaired) electrons. The van der Waals surface area contributed by atoms with Gasteiger partial charge in [0.05, 0.1) is 11.4 Å². The van der Waals surface area contributed by atoms with Crippen molar-refractivity contribution in [1.82, 2.24) is 29.5 Å². The quantitative estimate of drug-likeness (QED) is 0.637. The molecule has 0 unspecified atom stereocenters. The lowest BCUT2D eigenvalue weighted by atomic mass is 10.3. The van der Waals surface area contributed by atoms with E-state index in [4.69, 9.17) is 4.52 Å². The molecule has 0 N–H and O–H groups in total. The van der Waals surface area contributed by atoms with Gasteiger partial charge in [-0.15, -0.1) is 11.3 Å². The number of hydrogen-bond acceptors (Lipinski definition) is 8. The zero-order valence-corrected chi connectivity index (χ0v) is 15.3. The van der Waals surface area contributed by atoms with Gasteiger partial charge in [0, 0.05) is 38.6 Å². The molecule has 10 heteroatoms. The maximum atomic E-state index is 12.4. The van der Waals surface area contributed by atoms with E-state index in [1.807, 2.05) is 17.5 Å². The normalized spacial score (nSPS) is 15.2. The van der Waals surface area contributed by atoms with Gasteiger partial charge >= 0.3 is 5.69 Å². The molecule has 4 heterocycles. The summed E-state index contributed by atoms with van der Waals surface area (Å²) in [6.45, 7) is 3.19. The average molecular weight is 386 g/mol. The number of thiophene rings is 1. The summed E-state index contributed by atoms with van der Waals surface area (Å²) < 4.78 is 6.65. The van der Waals surface area contributed by atoms with Gasteiger partial charge < -0.3 is 9.42 Å². The third-order valence-corrected chi connectivity index (χ3v) is 5.25. The Morgan fingerprint density at radius 1 is 1.22 bits per heavy atom. The van der Waals surface area contributed by atoms with Crippen molar-refractivity contribution in [3.63, 3.8) is 0 Å². The van der Waals surface area contributed by atoms with Crippen LogP contribution in [0.25, 0.3) is 10.7 Å². The van der Waals surface area contributed by atoms with Crippen molar-refractivity contribution in [3.05, 3.63) is 52.3 Å².